The molecule has 0 aliphatic heterocycles. The minimum Gasteiger partial charge on any atom is -0.228 e. The molecule has 0 radical (unpaired) electrons. The third-order valence-corrected chi connectivity index (χ3v) is 28.1. The van der Waals surface area contributed by atoms with Crippen LogP contribution in [0.2, 0.25) is 0 Å². The molecule has 0 bridgehead atoms. The molecule has 1 fully saturated rings. The van der Waals surface area contributed by atoms with Gasteiger partial charge in [0, 0.05) is 77.6 Å². The van der Waals surface area contributed by atoms with Crippen LogP contribution in [-0.4, -0.2) is 39.9 Å². The first-order valence-corrected chi connectivity index (χ1v) is 47.4. The molecule has 4 heterocycles. The van der Waals surface area contributed by atoms with Gasteiger partial charge in [-0.15, -0.1) is 0 Å². The topological polar surface area (TPSA) is 103 Å². The summed E-state index contributed by atoms with van der Waals surface area (Å²) in [5, 5.41) is 19.1. The first-order valence-electron chi connectivity index (χ1n) is 47.4. The van der Waals surface area contributed by atoms with E-state index in [2.05, 4.69) is 475 Å². The van der Waals surface area contributed by atoms with Crippen molar-refractivity contribution in [3.05, 3.63) is 483 Å². The largest absolute Gasteiger partial charge is 0.228 e. The maximum absolute atomic E-state index is 5.28. The van der Waals surface area contributed by atoms with E-state index in [1.807, 2.05) is 0 Å². The Balaban J connectivity index is 0.000000150. The number of aromatic nitrogens is 8. The summed E-state index contributed by atoms with van der Waals surface area (Å²) in [7, 11) is 0. The third-order valence-electron chi connectivity index (χ3n) is 28.1. The van der Waals surface area contributed by atoms with Crippen LogP contribution in [0.15, 0.2) is 461 Å². The molecule has 648 valence electrons. The molecule has 0 saturated heterocycles. The Morgan fingerprint density at radius 1 is 0.161 bits per heavy atom. The van der Waals surface area contributed by atoms with Crippen LogP contribution < -0.4 is 0 Å². The molecule has 25 rings (SSSR count). The molecule has 4 aromatic heterocycles. The maximum Gasteiger partial charge on any atom is 0.160 e. The van der Waals surface area contributed by atoms with Crippen molar-refractivity contribution in [3.63, 3.8) is 0 Å². The van der Waals surface area contributed by atoms with Crippen molar-refractivity contribution in [2.24, 2.45) is 0 Å². The summed E-state index contributed by atoms with van der Waals surface area (Å²) in [6.45, 7) is 4.56. The number of fused-ring (bicyclic) bond motifs is 8. The summed E-state index contributed by atoms with van der Waals surface area (Å²) in [4.78, 5) is 42.0. The van der Waals surface area contributed by atoms with Gasteiger partial charge in [-0.05, 0) is 194 Å². The number of nitrogens with zero attached hydrogens (tertiary/aromatic N) is 8. The highest BCUT2D eigenvalue weighted by Gasteiger charge is 2.36. The predicted octanol–water partition coefficient (Wildman–Crippen LogP) is 33.3. The zero-order valence-electron chi connectivity index (χ0n) is 76.0. The van der Waals surface area contributed by atoms with Gasteiger partial charge in [0.25, 0.3) is 0 Å². The number of rotatable bonds is 16. The van der Waals surface area contributed by atoms with Gasteiger partial charge in [0.2, 0.25) is 0 Å². The summed E-state index contributed by atoms with van der Waals surface area (Å²) in [5.74, 6) is 2.82. The highest BCUT2D eigenvalue weighted by atomic mass is 14.9. The van der Waals surface area contributed by atoms with Crippen LogP contribution >= 0.6 is 0 Å². The van der Waals surface area contributed by atoms with Gasteiger partial charge in [-0.3, -0.25) is 0 Å². The van der Waals surface area contributed by atoms with E-state index in [-0.39, 0.29) is 10.8 Å². The minimum absolute atomic E-state index is 0.122. The van der Waals surface area contributed by atoms with Crippen LogP contribution in [-0.2, 0) is 10.8 Å². The normalized spacial score (nSPS) is 12.7. The van der Waals surface area contributed by atoms with E-state index < -0.39 is 0 Å². The smallest absolute Gasteiger partial charge is 0.160 e. The van der Waals surface area contributed by atoms with Crippen molar-refractivity contribution in [2.45, 2.75) is 56.8 Å². The molecule has 1 aliphatic carbocycles. The van der Waals surface area contributed by atoms with Gasteiger partial charge in [0.1, 0.15) is 0 Å². The Labute approximate surface area is 796 Å². The standard InChI is InChI=1S/C66H48N4.C63H44N4/c1-10-36-66(37-11-1,58-32-28-48(29-33-58)64-67-60(54-24-20-44-12-2-6-16-50(44)38-54)42-61(68-64)55-25-21-45-13-3-7-17-51(45)39-55)59-34-30-49(31-35-59)65-69-62(56-26-22-46-14-4-8-18-52(46)40-56)43-63(70-65)57-27-23-47-15-5-9-19-53(47)41-57;1-63(2,55-31-27-45(28-32-55)61-64-57(51-23-19-41-11-3-7-15-47(41)35-51)39-58(65-61)52-24-20-42-12-4-8-16-48(42)36-52)56-33-29-46(30-34-56)62-66-59(53-25-21-43-13-5-9-17-49(43)37-53)40-60(67-62)54-26-22-44-14-6-10-18-50(44)38-54/h2-9,12-35,38-43H,1,10-11,36-37H2;3-40H,1-2H3. The van der Waals surface area contributed by atoms with Crippen molar-refractivity contribution >= 4 is 86.2 Å². The Morgan fingerprint density at radius 3 is 0.504 bits per heavy atom. The van der Waals surface area contributed by atoms with Crippen molar-refractivity contribution in [1.29, 1.82) is 0 Å². The van der Waals surface area contributed by atoms with Crippen LogP contribution in [0.1, 0.15) is 68.2 Å². The highest BCUT2D eigenvalue weighted by Crippen LogP contribution is 2.48. The second kappa shape index (κ2) is 35.4. The lowest BCUT2D eigenvalue weighted by atomic mass is 9.65. The number of benzene rings is 20. The summed E-state index contributed by atoms with van der Waals surface area (Å²) in [6.07, 6.45) is 5.79. The van der Waals surface area contributed by atoms with Crippen LogP contribution in [0.3, 0.4) is 0 Å². The lowest BCUT2D eigenvalue weighted by Gasteiger charge is -2.39. The van der Waals surface area contributed by atoms with E-state index in [9.17, 15) is 0 Å². The Hall–Kier alpha value is -17.2. The summed E-state index contributed by atoms with van der Waals surface area (Å²) < 4.78 is 0. The van der Waals surface area contributed by atoms with Crippen molar-refractivity contribution in [2.75, 3.05) is 0 Å². The van der Waals surface area contributed by atoms with Crippen LogP contribution in [0.4, 0.5) is 0 Å². The molecule has 137 heavy (non-hydrogen) atoms. The first kappa shape index (κ1) is 82.9. The zero-order valence-corrected chi connectivity index (χ0v) is 76.0. The maximum atomic E-state index is 5.28. The molecule has 0 amide bonds. The lowest BCUT2D eigenvalue weighted by molar-refractivity contribution is 0.346. The predicted molar refractivity (Wildman–Crippen MR) is 569 cm³/mol. The Kier molecular flexibility index (Phi) is 21.4. The lowest BCUT2D eigenvalue weighted by Crippen LogP contribution is -2.30. The fraction of sp³-hybridized carbons (Fsp3) is 0.0698. The molecular formula is C129H92N8. The Morgan fingerprint density at radius 2 is 0.321 bits per heavy atom. The summed E-state index contributed by atoms with van der Waals surface area (Å²) in [6, 6.07) is 165. The van der Waals surface area contributed by atoms with Gasteiger partial charge in [0.05, 0.1) is 45.6 Å². The molecule has 1 aliphatic rings. The van der Waals surface area contributed by atoms with Gasteiger partial charge < -0.3 is 0 Å². The molecule has 8 heteroatoms. The van der Waals surface area contributed by atoms with Crippen molar-refractivity contribution in [1.82, 2.24) is 39.9 Å². The molecule has 8 nitrogen and oxygen atoms in total. The number of hydrogen-bond donors (Lipinski definition) is 0. The monoisotopic (exact) mass is 1750 g/mol. The van der Waals surface area contributed by atoms with Crippen molar-refractivity contribution in [3.8, 4) is 136 Å². The molecule has 0 atom stereocenters. The van der Waals surface area contributed by atoms with Crippen LogP contribution in [0, 0.1) is 0 Å². The van der Waals surface area contributed by atoms with Gasteiger partial charge in [0.15, 0.2) is 23.3 Å². The van der Waals surface area contributed by atoms with Crippen LogP contribution in [0.5, 0.6) is 0 Å². The average molecular weight is 1750 g/mol. The second-order valence-electron chi connectivity index (χ2n) is 36.9. The fourth-order valence-corrected chi connectivity index (χ4v) is 20.3. The van der Waals surface area contributed by atoms with Gasteiger partial charge in [-0.1, -0.05) is 421 Å². The SMILES string of the molecule is CC(C)(c1ccc(-c2nc(-c3ccc4ccccc4c3)cc(-c3ccc4ccccc4c3)n2)cc1)c1ccc(-c2nc(-c3ccc4ccccc4c3)cc(-c3ccc4ccccc4c3)n2)cc1.c1ccc2cc(-c3cc(-c4ccc5ccccc5c4)nc(-c4ccc(C5(c6ccc(-c7nc(-c8ccc9ccccc9c8)cc(-c8ccc9ccccc9c8)n7)cc6)CCCCC5)cc4)n3)ccc2c1. The van der Waals surface area contributed by atoms with Crippen molar-refractivity contribution < 1.29 is 0 Å². The molecule has 20 aromatic carbocycles. The van der Waals surface area contributed by atoms with E-state index in [1.165, 1.54) is 128 Å². The van der Waals surface area contributed by atoms with E-state index in [0.29, 0.717) is 11.6 Å². The van der Waals surface area contributed by atoms with E-state index in [4.69, 9.17) is 39.9 Å². The van der Waals surface area contributed by atoms with Crippen LogP contribution in [0.25, 0.3) is 222 Å². The quantitative estimate of drug-likeness (QED) is 0.0943. The molecule has 0 spiro atoms. The second-order valence-corrected chi connectivity index (χ2v) is 36.9. The van der Waals surface area contributed by atoms with E-state index in [0.717, 1.165) is 137 Å². The molecular weight excluding hydrogens is 1660 g/mol. The van der Waals surface area contributed by atoms with Gasteiger partial charge >= 0.3 is 0 Å². The Bertz CT molecular complexity index is 7890. The molecule has 0 N–H and O–H groups in total. The minimum atomic E-state index is -0.300. The number of hydrogen-bond acceptors (Lipinski definition) is 8. The molecule has 1 saturated carbocycles. The average Bonchev–Trinajstić information content (AvgIpc) is 0.763. The first-order chi connectivity index (χ1) is 67.5. The highest BCUT2D eigenvalue weighted by molar-refractivity contribution is 5.96. The van der Waals surface area contributed by atoms with Gasteiger partial charge in [-0.25, -0.2) is 39.9 Å². The van der Waals surface area contributed by atoms with E-state index >= 15 is 0 Å². The molecule has 0 unspecified atom stereocenters. The zero-order chi connectivity index (χ0) is 91.3. The summed E-state index contributed by atoms with van der Waals surface area (Å²) >= 11 is 0. The van der Waals surface area contributed by atoms with Gasteiger partial charge in [-0.2, -0.15) is 0 Å². The molecule has 24 aromatic rings. The third kappa shape index (κ3) is 16.6. The fourth-order valence-electron chi connectivity index (χ4n) is 20.3. The van der Waals surface area contributed by atoms with E-state index in [1.54, 1.807) is 0 Å². The summed E-state index contributed by atoms with van der Waals surface area (Å²) in [5.41, 5.74) is 24.2.